The highest BCUT2D eigenvalue weighted by Gasteiger charge is 2.23. The van der Waals surface area contributed by atoms with E-state index in [1.165, 1.54) is 12.1 Å². The minimum Gasteiger partial charge on any atom is -0.478 e. The standard InChI is InChI=1S/C21H21FN4O2/c1-25-8-10-26(11-9-25)13-6-7-17-15(12-13)19(23)18(21(27)28)20(24-17)14-4-2-3-5-16(14)22/h2-7,12H,8-11H2,1H3,(H2,23,24)(H,27,28). The molecule has 2 heterocycles. The van der Waals surface area contributed by atoms with E-state index >= 15 is 0 Å². The number of nitrogens with two attached hydrogens (primary N) is 1. The minimum atomic E-state index is -1.23. The van der Waals surface area contributed by atoms with Crippen LogP contribution in [0.3, 0.4) is 0 Å². The van der Waals surface area contributed by atoms with Crippen molar-refractivity contribution in [3.63, 3.8) is 0 Å². The van der Waals surface area contributed by atoms with Crippen LogP contribution in [0, 0.1) is 5.82 Å². The van der Waals surface area contributed by atoms with Gasteiger partial charge in [-0.15, -0.1) is 0 Å². The van der Waals surface area contributed by atoms with Gasteiger partial charge in [0, 0.05) is 42.8 Å². The normalized spacial score (nSPS) is 15.1. The number of benzene rings is 2. The Morgan fingerprint density at radius 2 is 1.86 bits per heavy atom. The van der Waals surface area contributed by atoms with Crippen LogP contribution in [-0.2, 0) is 0 Å². The summed E-state index contributed by atoms with van der Waals surface area (Å²) in [6.45, 7) is 3.68. The van der Waals surface area contributed by atoms with Gasteiger partial charge in [0.1, 0.15) is 11.4 Å². The highest BCUT2D eigenvalue weighted by molar-refractivity contribution is 6.09. The summed E-state index contributed by atoms with van der Waals surface area (Å²) in [6, 6.07) is 11.6. The number of anilines is 2. The first-order chi connectivity index (χ1) is 13.5. The second-order valence-electron chi connectivity index (χ2n) is 7.03. The molecule has 0 bridgehead atoms. The Morgan fingerprint density at radius 3 is 2.54 bits per heavy atom. The highest BCUT2D eigenvalue weighted by Crippen LogP contribution is 2.35. The number of hydrogen-bond acceptors (Lipinski definition) is 5. The minimum absolute atomic E-state index is 0.0444. The average molecular weight is 380 g/mol. The second-order valence-corrected chi connectivity index (χ2v) is 7.03. The molecule has 6 nitrogen and oxygen atoms in total. The molecular formula is C21H21FN4O2. The molecule has 0 unspecified atom stereocenters. The fourth-order valence-electron chi connectivity index (χ4n) is 3.60. The summed E-state index contributed by atoms with van der Waals surface area (Å²) < 4.78 is 14.3. The number of piperazine rings is 1. The third kappa shape index (κ3) is 3.14. The maximum atomic E-state index is 14.3. The Morgan fingerprint density at radius 1 is 1.14 bits per heavy atom. The van der Waals surface area contributed by atoms with Crippen molar-refractivity contribution in [3.05, 3.63) is 53.8 Å². The van der Waals surface area contributed by atoms with Crippen LogP contribution in [0.4, 0.5) is 15.8 Å². The number of carboxylic acids is 1. The smallest absolute Gasteiger partial charge is 0.340 e. The molecule has 1 aliphatic heterocycles. The van der Waals surface area contributed by atoms with Crippen molar-refractivity contribution in [3.8, 4) is 11.3 Å². The zero-order valence-electron chi connectivity index (χ0n) is 15.5. The topological polar surface area (TPSA) is 82.7 Å². The highest BCUT2D eigenvalue weighted by atomic mass is 19.1. The lowest BCUT2D eigenvalue weighted by Gasteiger charge is -2.34. The number of rotatable bonds is 3. The van der Waals surface area contributed by atoms with Gasteiger partial charge in [-0.1, -0.05) is 12.1 Å². The van der Waals surface area contributed by atoms with Crippen LogP contribution < -0.4 is 10.6 Å². The van der Waals surface area contributed by atoms with Crippen LogP contribution in [0.5, 0.6) is 0 Å². The van der Waals surface area contributed by atoms with E-state index in [9.17, 15) is 14.3 Å². The lowest BCUT2D eigenvalue weighted by atomic mass is 10.00. The van der Waals surface area contributed by atoms with Gasteiger partial charge in [0.2, 0.25) is 0 Å². The molecule has 1 saturated heterocycles. The van der Waals surface area contributed by atoms with E-state index in [-0.39, 0.29) is 22.5 Å². The van der Waals surface area contributed by atoms with Crippen LogP contribution >= 0.6 is 0 Å². The maximum Gasteiger partial charge on any atom is 0.340 e. The van der Waals surface area contributed by atoms with E-state index < -0.39 is 11.8 Å². The predicted octanol–water partition coefficient (Wildman–Crippen LogP) is 3.07. The van der Waals surface area contributed by atoms with Gasteiger partial charge >= 0.3 is 5.97 Å². The van der Waals surface area contributed by atoms with Crippen molar-refractivity contribution in [2.75, 3.05) is 43.9 Å². The van der Waals surface area contributed by atoms with Gasteiger partial charge in [-0.2, -0.15) is 0 Å². The Kier molecular flexibility index (Phi) is 4.60. The molecule has 28 heavy (non-hydrogen) atoms. The van der Waals surface area contributed by atoms with Gasteiger partial charge < -0.3 is 20.6 Å². The quantitative estimate of drug-likeness (QED) is 0.727. The summed E-state index contributed by atoms with van der Waals surface area (Å²) in [4.78, 5) is 20.9. The van der Waals surface area contributed by atoms with Gasteiger partial charge in [0.25, 0.3) is 0 Å². The van der Waals surface area contributed by atoms with Gasteiger partial charge in [-0.05, 0) is 37.4 Å². The molecule has 3 aromatic rings. The van der Waals surface area contributed by atoms with E-state index in [1.54, 1.807) is 12.1 Å². The van der Waals surface area contributed by atoms with E-state index in [2.05, 4.69) is 21.8 Å². The van der Waals surface area contributed by atoms with E-state index in [4.69, 9.17) is 5.73 Å². The summed E-state index contributed by atoms with van der Waals surface area (Å²) in [5, 5.41) is 10.3. The van der Waals surface area contributed by atoms with E-state index in [0.717, 1.165) is 31.9 Å². The van der Waals surface area contributed by atoms with Crippen molar-refractivity contribution in [2.45, 2.75) is 0 Å². The number of pyridine rings is 1. The van der Waals surface area contributed by atoms with Gasteiger partial charge in [0.05, 0.1) is 16.9 Å². The Bertz CT molecular complexity index is 1060. The van der Waals surface area contributed by atoms with E-state index in [0.29, 0.717) is 10.9 Å². The molecule has 1 aliphatic rings. The third-order valence-electron chi connectivity index (χ3n) is 5.22. The predicted molar refractivity (Wildman–Crippen MR) is 108 cm³/mol. The molecule has 0 aliphatic carbocycles. The van der Waals surface area contributed by atoms with Crippen LogP contribution in [-0.4, -0.2) is 54.2 Å². The fraction of sp³-hybridized carbons (Fsp3) is 0.238. The number of aromatic carboxylic acids is 1. The SMILES string of the molecule is CN1CCN(c2ccc3nc(-c4ccccc4F)c(C(=O)O)c(N)c3c2)CC1. The fourth-order valence-corrected chi connectivity index (χ4v) is 3.60. The van der Waals surface area contributed by atoms with Gasteiger partial charge in [-0.25, -0.2) is 14.2 Å². The maximum absolute atomic E-state index is 14.3. The zero-order chi connectivity index (χ0) is 19.8. The molecule has 2 aromatic carbocycles. The molecule has 3 N–H and O–H groups in total. The molecule has 0 radical (unpaired) electrons. The number of nitrogen functional groups attached to an aromatic ring is 1. The third-order valence-corrected chi connectivity index (χ3v) is 5.22. The average Bonchev–Trinajstić information content (AvgIpc) is 2.68. The Hall–Kier alpha value is -3.19. The van der Waals surface area contributed by atoms with Crippen molar-refractivity contribution < 1.29 is 14.3 Å². The number of carboxylic acid groups (broad SMARTS) is 1. The van der Waals surface area contributed by atoms with Crippen molar-refractivity contribution >= 4 is 28.2 Å². The number of carbonyl (C=O) groups is 1. The number of likely N-dealkylation sites (N-methyl/N-ethyl adjacent to an activating group) is 1. The number of fused-ring (bicyclic) bond motifs is 1. The Balaban J connectivity index is 1.88. The number of aromatic nitrogens is 1. The molecule has 7 heteroatoms. The summed E-state index contributed by atoms with van der Waals surface area (Å²) in [5.74, 6) is -1.76. The van der Waals surface area contributed by atoms with Crippen LogP contribution in [0.1, 0.15) is 10.4 Å². The summed E-state index contributed by atoms with van der Waals surface area (Å²) in [7, 11) is 2.09. The van der Waals surface area contributed by atoms with Crippen molar-refractivity contribution in [2.24, 2.45) is 0 Å². The monoisotopic (exact) mass is 380 g/mol. The second kappa shape index (κ2) is 7.09. The first-order valence-electron chi connectivity index (χ1n) is 9.10. The number of nitrogens with zero attached hydrogens (tertiary/aromatic N) is 3. The van der Waals surface area contributed by atoms with Crippen LogP contribution in [0.15, 0.2) is 42.5 Å². The lowest BCUT2D eigenvalue weighted by molar-refractivity contribution is 0.0698. The molecule has 0 saturated carbocycles. The molecule has 1 aromatic heterocycles. The van der Waals surface area contributed by atoms with Crippen LogP contribution in [0.25, 0.3) is 22.2 Å². The van der Waals surface area contributed by atoms with Gasteiger partial charge in [0.15, 0.2) is 0 Å². The van der Waals surface area contributed by atoms with Crippen LogP contribution in [0.2, 0.25) is 0 Å². The molecule has 1 fully saturated rings. The zero-order valence-corrected chi connectivity index (χ0v) is 15.5. The molecule has 0 spiro atoms. The van der Waals surface area contributed by atoms with E-state index in [1.807, 2.05) is 18.2 Å². The lowest BCUT2D eigenvalue weighted by Crippen LogP contribution is -2.44. The molecule has 0 amide bonds. The first kappa shape index (κ1) is 18.2. The number of halogens is 1. The molecular weight excluding hydrogens is 359 g/mol. The van der Waals surface area contributed by atoms with Gasteiger partial charge in [-0.3, -0.25) is 0 Å². The molecule has 144 valence electrons. The summed E-state index contributed by atoms with van der Waals surface area (Å²) in [5.41, 5.74) is 7.87. The largest absolute Gasteiger partial charge is 0.478 e. The Labute approximate surface area is 162 Å². The first-order valence-corrected chi connectivity index (χ1v) is 9.10. The van der Waals surface area contributed by atoms with Crippen molar-refractivity contribution in [1.29, 1.82) is 0 Å². The summed E-state index contributed by atoms with van der Waals surface area (Å²) >= 11 is 0. The number of hydrogen-bond donors (Lipinski definition) is 2. The van der Waals surface area contributed by atoms with Crippen molar-refractivity contribution in [1.82, 2.24) is 9.88 Å². The molecule has 4 rings (SSSR count). The summed E-state index contributed by atoms with van der Waals surface area (Å²) in [6.07, 6.45) is 0. The molecule has 0 atom stereocenters.